The van der Waals surface area contributed by atoms with Gasteiger partial charge in [0.15, 0.2) is 0 Å². The van der Waals surface area contributed by atoms with Crippen molar-refractivity contribution in [3.05, 3.63) is 34.4 Å². The summed E-state index contributed by atoms with van der Waals surface area (Å²) >= 11 is 0. The highest BCUT2D eigenvalue weighted by Crippen LogP contribution is 2.24. The fourth-order valence-corrected chi connectivity index (χ4v) is 3.00. The van der Waals surface area contributed by atoms with Gasteiger partial charge in [0, 0.05) is 19.7 Å². The van der Waals surface area contributed by atoms with Gasteiger partial charge in [0.25, 0.3) is 0 Å². The van der Waals surface area contributed by atoms with Crippen LogP contribution in [-0.2, 0) is 4.74 Å². The van der Waals surface area contributed by atoms with Crippen LogP contribution in [0.15, 0.2) is 12.1 Å². The van der Waals surface area contributed by atoms with E-state index in [1.807, 2.05) is 0 Å². The highest BCUT2D eigenvalue weighted by atomic mass is 16.5. The van der Waals surface area contributed by atoms with Crippen molar-refractivity contribution in [2.45, 2.75) is 46.8 Å². The third-order valence-electron chi connectivity index (χ3n) is 3.92. The van der Waals surface area contributed by atoms with Crippen molar-refractivity contribution in [2.75, 3.05) is 26.8 Å². The van der Waals surface area contributed by atoms with E-state index in [9.17, 15) is 5.11 Å². The molecule has 3 heteroatoms. The molecule has 0 saturated heterocycles. The molecule has 0 heterocycles. The average Bonchev–Trinajstić information content (AvgIpc) is 2.34. The summed E-state index contributed by atoms with van der Waals surface area (Å²) in [5, 5.41) is 10.6. The molecule has 0 aliphatic carbocycles. The lowest BCUT2D eigenvalue weighted by Crippen LogP contribution is -2.39. The fourth-order valence-electron chi connectivity index (χ4n) is 3.00. The van der Waals surface area contributed by atoms with Crippen LogP contribution >= 0.6 is 0 Å². The number of nitrogens with zero attached hydrogens (tertiary/aromatic N) is 1. The molecular formula is C17H29NO2. The SMILES string of the molecule is CCN(CC(O)c1c(C)cc(C)cc1C)C(C)COC. The molecule has 0 radical (unpaired) electrons. The van der Waals surface area contributed by atoms with Gasteiger partial charge in [-0.3, -0.25) is 4.90 Å². The first-order chi connectivity index (χ1) is 9.40. The molecule has 0 fully saturated rings. The maximum absolute atomic E-state index is 10.6. The summed E-state index contributed by atoms with van der Waals surface area (Å²) in [5.74, 6) is 0. The van der Waals surface area contributed by atoms with Crippen LogP contribution < -0.4 is 0 Å². The van der Waals surface area contributed by atoms with E-state index >= 15 is 0 Å². The van der Waals surface area contributed by atoms with Crippen LogP contribution in [0.4, 0.5) is 0 Å². The smallest absolute Gasteiger partial charge is 0.0922 e. The second-order valence-electron chi connectivity index (χ2n) is 5.72. The van der Waals surface area contributed by atoms with Gasteiger partial charge in [0.05, 0.1) is 12.7 Å². The summed E-state index contributed by atoms with van der Waals surface area (Å²) in [6, 6.07) is 4.59. The van der Waals surface area contributed by atoms with Crippen molar-refractivity contribution >= 4 is 0 Å². The Hall–Kier alpha value is -0.900. The van der Waals surface area contributed by atoms with Crippen molar-refractivity contribution in [3.8, 4) is 0 Å². The van der Waals surface area contributed by atoms with Crippen molar-refractivity contribution in [3.63, 3.8) is 0 Å². The molecule has 0 spiro atoms. The van der Waals surface area contributed by atoms with E-state index < -0.39 is 6.10 Å². The summed E-state index contributed by atoms with van der Waals surface area (Å²) < 4.78 is 5.21. The van der Waals surface area contributed by atoms with Gasteiger partial charge in [-0.15, -0.1) is 0 Å². The monoisotopic (exact) mass is 279 g/mol. The topological polar surface area (TPSA) is 32.7 Å². The maximum Gasteiger partial charge on any atom is 0.0922 e. The van der Waals surface area contributed by atoms with Gasteiger partial charge in [0.2, 0.25) is 0 Å². The maximum atomic E-state index is 10.6. The number of ether oxygens (including phenoxy) is 1. The summed E-state index contributed by atoms with van der Waals surface area (Å²) in [6.07, 6.45) is -0.449. The zero-order valence-corrected chi connectivity index (χ0v) is 13.7. The first kappa shape index (κ1) is 17.2. The number of aryl methyl sites for hydroxylation is 3. The van der Waals surface area contributed by atoms with Gasteiger partial charge >= 0.3 is 0 Å². The van der Waals surface area contributed by atoms with Crippen molar-refractivity contribution < 1.29 is 9.84 Å². The zero-order valence-electron chi connectivity index (χ0n) is 13.7. The van der Waals surface area contributed by atoms with Gasteiger partial charge in [-0.2, -0.15) is 0 Å². The van der Waals surface area contributed by atoms with Crippen LogP contribution in [-0.4, -0.2) is 42.9 Å². The molecule has 0 saturated carbocycles. The Morgan fingerprint density at radius 1 is 1.20 bits per heavy atom. The standard InChI is InChI=1S/C17H29NO2/c1-7-18(15(5)11-20-6)10-16(19)17-13(3)8-12(2)9-14(17)4/h8-9,15-16,19H,7,10-11H2,1-6H3. The summed E-state index contributed by atoms with van der Waals surface area (Å²) in [6.45, 7) is 12.7. The number of benzene rings is 1. The second kappa shape index (κ2) is 7.77. The number of aliphatic hydroxyl groups excluding tert-OH is 1. The Bertz CT molecular complexity index is 408. The highest BCUT2D eigenvalue weighted by Gasteiger charge is 2.20. The van der Waals surface area contributed by atoms with Crippen LogP contribution in [0.1, 0.15) is 42.2 Å². The molecule has 0 amide bonds. The molecule has 0 aromatic heterocycles. The van der Waals surface area contributed by atoms with Crippen LogP contribution in [0.5, 0.6) is 0 Å². The Morgan fingerprint density at radius 2 is 1.75 bits per heavy atom. The summed E-state index contributed by atoms with van der Waals surface area (Å²) in [4.78, 5) is 2.26. The van der Waals surface area contributed by atoms with Crippen LogP contribution in [0.2, 0.25) is 0 Å². The Morgan fingerprint density at radius 3 is 2.20 bits per heavy atom. The van der Waals surface area contributed by atoms with Crippen molar-refractivity contribution in [2.24, 2.45) is 0 Å². The van der Waals surface area contributed by atoms with E-state index in [0.717, 1.165) is 12.1 Å². The molecule has 20 heavy (non-hydrogen) atoms. The number of likely N-dealkylation sites (N-methyl/N-ethyl adjacent to an activating group) is 1. The molecule has 2 unspecified atom stereocenters. The lowest BCUT2D eigenvalue weighted by molar-refractivity contribution is 0.0577. The van der Waals surface area contributed by atoms with Crippen molar-refractivity contribution in [1.29, 1.82) is 0 Å². The lowest BCUT2D eigenvalue weighted by Gasteiger charge is -2.30. The number of methoxy groups -OCH3 is 1. The second-order valence-corrected chi connectivity index (χ2v) is 5.72. The third-order valence-corrected chi connectivity index (χ3v) is 3.92. The van der Waals surface area contributed by atoms with E-state index in [-0.39, 0.29) is 0 Å². The van der Waals surface area contributed by atoms with E-state index in [1.165, 1.54) is 16.7 Å². The molecular weight excluding hydrogens is 250 g/mol. The van der Waals surface area contributed by atoms with E-state index in [1.54, 1.807) is 7.11 Å². The predicted octanol–water partition coefficient (Wildman–Crippen LogP) is 3.00. The first-order valence-corrected chi connectivity index (χ1v) is 7.39. The molecule has 1 rings (SSSR count). The molecule has 0 aliphatic rings. The fraction of sp³-hybridized carbons (Fsp3) is 0.647. The highest BCUT2D eigenvalue weighted by molar-refractivity contribution is 5.39. The van der Waals surface area contributed by atoms with Gasteiger partial charge in [0.1, 0.15) is 0 Å². The molecule has 114 valence electrons. The van der Waals surface area contributed by atoms with Gasteiger partial charge in [-0.05, 0) is 50.9 Å². The quantitative estimate of drug-likeness (QED) is 0.833. The number of hydrogen-bond donors (Lipinski definition) is 1. The minimum absolute atomic E-state index is 0.311. The Kier molecular flexibility index (Phi) is 6.66. The van der Waals surface area contributed by atoms with E-state index in [2.05, 4.69) is 51.7 Å². The first-order valence-electron chi connectivity index (χ1n) is 7.39. The van der Waals surface area contributed by atoms with Crippen LogP contribution in [0, 0.1) is 20.8 Å². The molecule has 1 N–H and O–H groups in total. The number of aliphatic hydroxyl groups is 1. The van der Waals surface area contributed by atoms with Crippen LogP contribution in [0.3, 0.4) is 0 Å². The van der Waals surface area contributed by atoms with E-state index in [0.29, 0.717) is 19.2 Å². The summed E-state index contributed by atoms with van der Waals surface area (Å²) in [5.41, 5.74) is 4.66. The van der Waals surface area contributed by atoms with Gasteiger partial charge in [-0.25, -0.2) is 0 Å². The number of rotatable bonds is 7. The van der Waals surface area contributed by atoms with E-state index in [4.69, 9.17) is 4.74 Å². The zero-order chi connectivity index (χ0) is 15.3. The largest absolute Gasteiger partial charge is 0.387 e. The molecule has 3 nitrogen and oxygen atoms in total. The third kappa shape index (κ3) is 4.30. The minimum atomic E-state index is -0.449. The molecule has 0 bridgehead atoms. The molecule has 1 aromatic carbocycles. The van der Waals surface area contributed by atoms with Crippen LogP contribution in [0.25, 0.3) is 0 Å². The average molecular weight is 279 g/mol. The predicted molar refractivity (Wildman–Crippen MR) is 84.2 cm³/mol. The molecule has 1 aromatic rings. The van der Waals surface area contributed by atoms with Gasteiger partial charge in [-0.1, -0.05) is 24.6 Å². The van der Waals surface area contributed by atoms with Crippen molar-refractivity contribution in [1.82, 2.24) is 4.90 Å². The lowest BCUT2D eigenvalue weighted by atomic mass is 9.95. The molecule has 0 aliphatic heterocycles. The number of hydrogen-bond acceptors (Lipinski definition) is 3. The van der Waals surface area contributed by atoms with Gasteiger partial charge < -0.3 is 9.84 Å². The normalized spacial score (nSPS) is 14.6. The Balaban J connectivity index is 2.87. The molecule has 2 atom stereocenters. The Labute approximate surface area is 123 Å². The summed E-state index contributed by atoms with van der Waals surface area (Å²) in [7, 11) is 1.72. The minimum Gasteiger partial charge on any atom is -0.387 e.